The van der Waals surface area contributed by atoms with E-state index in [9.17, 15) is 15.0 Å². The van der Waals surface area contributed by atoms with Crippen molar-refractivity contribution in [2.45, 2.75) is 63.8 Å². The highest BCUT2D eigenvalue weighted by atomic mass is 35.5. The topological polar surface area (TPSA) is 57.5 Å². The SMILES string of the molecule is C[C@H]1C[C@H]2[C@@H]3CCC4=CC=C=C[C@]4(C)[C@@]3(F)[C@@H](O)C[C@]2(C)[C@@]1(O)C(=O)CCl. The molecule has 0 radical (unpaired) electrons. The number of allylic oxidation sites excluding steroid dienone is 3. The molecular formula is C22H28ClFO3. The second-order valence-corrected chi connectivity index (χ2v) is 9.76. The van der Waals surface area contributed by atoms with Gasteiger partial charge in [0.25, 0.3) is 0 Å². The van der Waals surface area contributed by atoms with Crippen molar-refractivity contribution in [3.8, 4) is 0 Å². The van der Waals surface area contributed by atoms with Crippen LogP contribution in [0.5, 0.6) is 0 Å². The number of hydrogen-bond acceptors (Lipinski definition) is 3. The van der Waals surface area contributed by atoms with E-state index in [1.54, 1.807) is 12.2 Å². The molecule has 0 aromatic rings. The molecule has 3 fully saturated rings. The highest BCUT2D eigenvalue weighted by Gasteiger charge is 2.75. The quantitative estimate of drug-likeness (QED) is 0.554. The molecule has 0 saturated heterocycles. The standard InChI is InChI=1S/C22H28ClFO3/c1-13-10-16-15-8-7-14-6-4-5-9-19(14,2)21(15,24)17(25)11-20(16,3)22(13,27)18(26)12-23/h4,6,9,13,15-17,25,27H,7-8,10-12H2,1-3H3/t13-,15-,16-,17-,19-,20-,21-,22-/m0/s1. The van der Waals surface area contributed by atoms with Crippen LogP contribution in [0.25, 0.3) is 0 Å². The largest absolute Gasteiger partial charge is 0.390 e. The van der Waals surface area contributed by atoms with E-state index in [0.29, 0.717) is 12.8 Å². The molecule has 27 heavy (non-hydrogen) atoms. The Kier molecular flexibility index (Phi) is 4.16. The minimum Gasteiger partial charge on any atom is -0.390 e. The molecule has 3 saturated carbocycles. The average molecular weight is 395 g/mol. The average Bonchev–Trinajstić information content (AvgIpc) is 2.83. The van der Waals surface area contributed by atoms with Crippen molar-refractivity contribution < 1.29 is 19.4 Å². The van der Waals surface area contributed by atoms with Crippen molar-refractivity contribution in [3.63, 3.8) is 0 Å². The van der Waals surface area contributed by atoms with E-state index in [1.807, 2.05) is 26.8 Å². The van der Waals surface area contributed by atoms with Crippen LogP contribution in [-0.2, 0) is 4.79 Å². The Hall–Kier alpha value is -0.930. The normalized spacial score (nSPS) is 53.4. The highest BCUT2D eigenvalue weighted by Crippen LogP contribution is 2.70. The van der Waals surface area contributed by atoms with Crippen LogP contribution < -0.4 is 0 Å². The van der Waals surface area contributed by atoms with Gasteiger partial charge < -0.3 is 10.2 Å². The summed E-state index contributed by atoms with van der Waals surface area (Å²) in [5.41, 5.74) is -1.24. The Morgan fingerprint density at radius 3 is 2.78 bits per heavy atom. The first-order valence-corrected chi connectivity index (χ1v) is 10.4. The van der Waals surface area contributed by atoms with Crippen molar-refractivity contribution in [1.29, 1.82) is 0 Å². The molecule has 0 heterocycles. The van der Waals surface area contributed by atoms with Gasteiger partial charge in [-0.2, -0.15) is 0 Å². The second kappa shape index (κ2) is 5.79. The Morgan fingerprint density at radius 1 is 1.41 bits per heavy atom. The van der Waals surface area contributed by atoms with Crippen LogP contribution in [0.15, 0.2) is 29.5 Å². The highest BCUT2D eigenvalue weighted by molar-refractivity contribution is 6.29. The molecule has 0 spiro atoms. The van der Waals surface area contributed by atoms with E-state index in [-0.39, 0.29) is 24.1 Å². The smallest absolute Gasteiger partial charge is 0.179 e. The Bertz CT molecular complexity index is 786. The van der Waals surface area contributed by atoms with E-state index in [2.05, 4.69) is 5.73 Å². The van der Waals surface area contributed by atoms with Gasteiger partial charge in [-0.05, 0) is 56.6 Å². The number of ketones is 1. The van der Waals surface area contributed by atoms with E-state index in [1.165, 1.54) is 0 Å². The van der Waals surface area contributed by atoms with Gasteiger partial charge >= 0.3 is 0 Å². The number of halogens is 2. The van der Waals surface area contributed by atoms with Crippen LogP contribution in [0.2, 0.25) is 0 Å². The molecule has 4 aliphatic rings. The number of alkyl halides is 2. The lowest BCUT2D eigenvalue weighted by molar-refractivity contribution is -0.218. The summed E-state index contributed by atoms with van der Waals surface area (Å²) in [5.74, 6) is -1.62. The number of rotatable bonds is 2. The minimum atomic E-state index is -1.84. The third-order valence-electron chi connectivity index (χ3n) is 8.62. The van der Waals surface area contributed by atoms with E-state index < -0.39 is 39.9 Å². The number of aliphatic hydroxyl groups excluding tert-OH is 1. The van der Waals surface area contributed by atoms with Crippen molar-refractivity contribution >= 4 is 17.4 Å². The second-order valence-electron chi connectivity index (χ2n) is 9.49. The lowest BCUT2D eigenvalue weighted by Crippen LogP contribution is -2.69. The van der Waals surface area contributed by atoms with E-state index >= 15 is 4.39 Å². The van der Waals surface area contributed by atoms with E-state index in [4.69, 9.17) is 11.6 Å². The summed E-state index contributed by atoms with van der Waals surface area (Å²) in [7, 11) is 0. The molecular weight excluding hydrogens is 367 g/mol. The molecule has 0 aliphatic heterocycles. The molecule has 4 rings (SSSR count). The van der Waals surface area contributed by atoms with Crippen LogP contribution >= 0.6 is 11.6 Å². The maximum atomic E-state index is 16.8. The van der Waals surface area contributed by atoms with Crippen LogP contribution in [0.1, 0.15) is 46.5 Å². The maximum absolute atomic E-state index is 16.8. The molecule has 0 bridgehead atoms. The molecule has 4 aliphatic carbocycles. The predicted molar refractivity (Wildman–Crippen MR) is 102 cm³/mol. The van der Waals surface area contributed by atoms with Gasteiger partial charge in [-0.3, -0.25) is 4.79 Å². The first-order valence-electron chi connectivity index (χ1n) is 9.89. The summed E-state index contributed by atoms with van der Waals surface area (Å²) in [4.78, 5) is 12.7. The Morgan fingerprint density at radius 2 is 2.11 bits per heavy atom. The predicted octanol–water partition coefficient (Wildman–Crippen LogP) is 3.73. The molecule has 0 unspecified atom stereocenters. The molecule has 148 valence electrons. The molecule has 0 aromatic carbocycles. The summed E-state index contributed by atoms with van der Waals surface area (Å²) in [6, 6.07) is 0. The van der Waals surface area contributed by atoms with Gasteiger partial charge in [0.05, 0.1) is 17.4 Å². The van der Waals surface area contributed by atoms with Gasteiger partial charge in [-0.25, -0.2) is 4.39 Å². The summed E-state index contributed by atoms with van der Waals surface area (Å²) in [6.07, 6.45) is 6.18. The third-order valence-corrected chi connectivity index (χ3v) is 8.87. The van der Waals surface area contributed by atoms with Gasteiger partial charge in [0, 0.05) is 11.3 Å². The third kappa shape index (κ3) is 2.03. The van der Waals surface area contributed by atoms with E-state index in [0.717, 1.165) is 12.0 Å². The monoisotopic (exact) mass is 394 g/mol. The van der Waals surface area contributed by atoms with Crippen LogP contribution in [0.3, 0.4) is 0 Å². The van der Waals surface area contributed by atoms with Gasteiger partial charge in [-0.1, -0.05) is 25.5 Å². The maximum Gasteiger partial charge on any atom is 0.179 e. The zero-order chi connectivity index (χ0) is 19.8. The van der Waals surface area contributed by atoms with Gasteiger partial charge in [-0.15, -0.1) is 17.3 Å². The number of carbonyl (C=O) groups excluding carboxylic acids is 1. The fraction of sp³-hybridized carbons (Fsp3) is 0.727. The molecule has 0 amide bonds. The number of hydrogen-bond donors (Lipinski definition) is 2. The number of fused-ring (bicyclic) bond motifs is 5. The summed E-state index contributed by atoms with van der Waals surface area (Å²) in [5, 5.41) is 22.6. The first-order chi connectivity index (χ1) is 12.6. The number of carbonyl (C=O) groups is 1. The van der Waals surface area contributed by atoms with Gasteiger partial charge in [0.15, 0.2) is 11.5 Å². The molecule has 8 atom stereocenters. The van der Waals surface area contributed by atoms with Gasteiger partial charge in [0.2, 0.25) is 0 Å². The fourth-order valence-electron chi connectivity index (χ4n) is 7.14. The molecule has 2 N–H and O–H groups in total. The van der Waals surface area contributed by atoms with Crippen molar-refractivity contribution in [2.75, 3.05) is 5.88 Å². The lowest BCUT2D eigenvalue weighted by Gasteiger charge is -2.62. The number of Topliss-reactive ketones (excluding diaryl/α,β-unsaturated/α-hetero) is 1. The van der Waals surface area contributed by atoms with Crippen molar-refractivity contribution in [1.82, 2.24) is 0 Å². The van der Waals surface area contributed by atoms with Crippen LogP contribution in [0, 0.1) is 28.6 Å². The summed E-state index contributed by atoms with van der Waals surface area (Å²) < 4.78 is 16.8. The summed E-state index contributed by atoms with van der Waals surface area (Å²) in [6.45, 7) is 5.55. The first kappa shape index (κ1) is 19.4. The number of aliphatic hydroxyl groups is 2. The zero-order valence-corrected chi connectivity index (χ0v) is 16.9. The fourth-order valence-corrected chi connectivity index (χ4v) is 7.34. The lowest BCUT2D eigenvalue weighted by atomic mass is 9.45. The molecule has 5 heteroatoms. The Balaban J connectivity index is 1.85. The van der Waals surface area contributed by atoms with Gasteiger partial charge in [0.1, 0.15) is 5.60 Å². The van der Waals surface area contributed by atoms with Crippen LogP contribution in [-0.4, -0.2) is 39.3 Å². The minimum absolute atomic E-state index is 0.0502. The molecule has 0 aromatic heterocycles. The van der Waals surface area contributed by atoms with Crippen molar-refractivity contribution in [2.24, 2.45) is 28.6 Å². The van der Waals surface area contributed by atoms with Crippen molar-refractivity contribution in [3.05, 3.63) is 29.5 Å². The summed E-state index contributed by atoms with van der Waals surface area (Å²) >= 11 is 5.82. The Labute approximate surface area is 165 Å². The molecule has 3 nitrogen and oxygen atoms in total. The zero-order valence-electron chi connectivity index (χ0n) is 16.1. The van der Waals surface area contributed by atoms with Crippen LogP contribution in [0.4, 0.5) is 4.39 Å².